The Kier molecular flexibility index (Phi) is 3.32. The minimum atomic E-state index is 0.131. The number of hydrogen-bond donors (Lipinski definition) is 2. The lowest BCUT2D eigenvalue weighted by molar-refractivity contribution is 0.369. The predicted octanol–water partition coefficient (Wildman–Crippen LogP) is 2.06. The van der Waals surface area contributed by atoms with Crippen LogP contribution in [0.4, 0.5) is 0 Å². The maximum atomic E-state index is 5.68. The molecule has 0 unspecified atom stereocenters. The summed E-state index contributed by atoms with van der Waals surface area (Å²) >= 11 is 0. The Hall–Kier alpha value is -0.830. The lowest BCUT2D eigenvalue weighted by Crippen LogP contribution is -2.26. The molecule has 14 heavy (non-hydrogen) atoms. The molecule has 3 heteroatoms. The van der Waals surface area contributed by atoms with E-state index in [1.807, 2.05) is 6.20 Å². The largest absolute Gasteiger partial charge is 0.346 e. The lowest BCUT2D eigenvalue weighted by atomic mass is 9.89. The Morgan fingerprint density at radius 2 is 2.14 bits per heavy atom. The Morgan fingerprint density at radius 3 is 2.57 bits per heavy atom. The van der Waals surface area contributed by atoms with Crippen LogP contribution in [0, 0.1) is 5.41 Å². The molecule has 0 radical (unpaired) electrons. The summed E-state index contributed by atoms with van der Waals surface area (Å²) in [6.07, 6.45) is 2.84. The quantitative estimate of drug-likeness (QED) is 0.772. The third-order valence-corrected chi connectivity index (χ3v) is 2.47. The van der Waals surface area contributed by atoms with E-state index < -0.39 is 0 Å². The van der Waals surface area contributed by atoms with Crippen molar-refractivity contribution in [3.8, 4) is 0 Å². The Morgan fingerprint density at radius 1 is 1.50 bits per heavy atom. The monoisotopic (exact) mass is 195 g/mol. The summed E-state index contributed by atoms with van der Waals surface area (Å²) in [5, 5.41) is 0. The van der Waals surface area contributed by atoms with E-state index in [0.29, 0.717) is 12.5 Å². The number of aromatic amines is 1. The first-order valence-corrected chi connectivity index (χ1v) is 5.18. The maximum Gasteiger partial charge on any atom is 0.106 e. The molecule has 1 aromatic heterocycles. The molecule has 0 spiro atoms. The highest BCUT2D eigenvalue weighted by Gasteiger charge is 2.18. The third-order valence-electron chi connectivity index (χ3n) is 2.47. The van der Waals surface area contributed by atoms with E-state index in [9.17, 15) is 0 Å². The van der Waals surface area contributed by atoms with Crippen LogP contribution in [0.15, 0.2) is 6.20 Å². The first kappa shape index (κ1) is 11.2. The van der Waals surface area contributed by atoms with Crippen molar-refractivity contribution in [2.75, 3.05) is 6.54 Å². The smallest absolute Gasteiger partial charge is 0.106 e. The van der Waals surface area contributed by atoms with Gasteiger partial charge in [-0.2, -0.15) is 0 Å². The van der Waals surface area contributed by atoms with Crippen LogP contribution >= 0.6 is 0 Å². The molecule has 1 heterocycles. The molecule has 0 bridgehead atoms. The third kappa shape index (κ3) is 2.84. The van der Waals surface area contributed by atoms with Crippen molar-refractivity contribution < 1.29 is 0 Å². The van der Waals surface area contributed by atoms with Gasteiger partial charge in [0.2, 0.25) is 0 Å². The molecule has 1 rings (SSSR count). The van der Waals surface area contributed by atoms with Gasteiger partial charge in [0.15, 0.2) is 0 Å². The predicted molar refractivity (Wildman–Crippen MR) is 59.2 cm³/mol. The molecule has 0 fully saturated rings. The zero-order valence-corrected chi connectivity index (χ0v) is 9.59. The topological polar surface area (TPSA) is 54.7 Å². The second kappa shape index (κ2) is 4.13. The first-order valence-electron chi connectivity index (χ1n) is 5.18. The highest BCUT2D eigenvalue weighted by molar-refractivity contribution is 5.06. The minimum Gasteiger partial charge on any atom is -0.346 e. The van der Waals surface area contributed by atoms with Crippen molar-refractivity contribution in [1.82, 2.24) is 9.97 Å². The Balaban J connectivity index is 2.69. The van der Waals surface area contributed by atoms with Crippen molar-refractivity contribution in [3.63, 3.8) is 0 Å². The number of H-pyrrole nitrogens is 1. The van der Waals surface area contributed by atoms with E-state index in [-0.39, 0.29) is 5.41 Å². The molecular formula is C11H21N3. The zero-order chi connectivity index (χ0) is 10.8. The van der Waals surface area contributed by atoms with Crippen molar-refractivity contribution in [3.05, 3.63) is 17.7 Å². The fraction of sp³-hybridized carbons (Fsp3) is 0.727. The molecule has 1 aromatic rings. The molecule has 0 aliphatic heterocycles. The summed E-state index contributed by atoms with van der Waals surface area (Å²) in [7, 11) is 0. The van der Waals surface area contributed by atoms with Gasteiger partial charge in [-0.05, 0) is 17.9 Å². The molecule has 0 aliphatic carbocycles. The number of rotatable bonds is 4. The summed E-state index contributed by atoms with van der Waals surface area (Å²) in [4.78, 5) is 7.70. The van der Waals surface area contributed by atoms with E-state index in [1.165, 1.54) is 5.69 Å². The second-order valence-electron chi connectivity index (χ2n) is 4.99. The standard InChI is InChI=1S/C11H21N3/c1-8(2)9-6-13-10(14-9)5-11(3,4)7-12/h6,8H,5,7,12H2,1-4H3,(H,13,14). The summed E-state index contributed by atoms with van der Waals surface area (Å²) < 4.78 is 0. The average Bonchev–Trinajstić information content (AvgIpc) is 2.52. The molecule has 0 aliphatic rings. The maximum absolute atomic E-state index is 5.68. The van der Waals surface area contributed by atoms with Gasteiger partial charge >= 0.3 is 0 Å². The van der Waals surface area contributed by atoms with Crippen LogP contribution in [0.1, 0.15) is 45.1 Å². The molecule has 0 amide bonds. The Bertz CT molecular complexity index is 286. The fourth-order valence-corrected chi connectivity index (χ4v) is 1.29. The molecule has 0 atom stereocenters. The summed E-state index contributed by atoms with van der Waals surface area (Å²) in [6.45, 7) is 9.32. The van der Waals surface area contributed by atoms with Crippen molar-refractivity contribution in [1.29, 1.82) is 0 Å². The van der Waals surface area contributed by atoms with Crippen molar-refractivity contribution in [2.45, 2.75) is 40.0 Å². The molecular weight excluding hydrogens is 174 g/mol. The zero-order valence-electron chi connectivity index (χ0n) is 9.59. The first-order chi connectivity index (χ1) is 6.44. The van der Waals surface area contributed by atoms with Crippen LogP contribution in [-0.4, -0.2) is 16.5 Å². The number of hydrogen-bond acceptors (Lipinski definition) is 2. The normalized spacial score (nSPS) is 12.4. The Labute approximate surface area is 86.1 Å². The minimum absolute atomic E-state index is 0.131. The van der Waals surface area contributed by atoms with Gasteiger partial charge in [0.1, 0.15) is 5.82 Å². The van der Waals surface area contributed by atoms with Gasteiger partial charge in [-0.1, -0.05) is 27.7 Å². The highest BCUT2D eigenvalue weighted by Crippen LogP contribution is 2.19. The lowest BCUT2D eigenvalue weighted by Gasteiger charge is -2.20. The number of aromatic nitrogens is 2. The molecule has 0 aromatic carbocycles. The van der Waals surface area contributed by atoms with E-state index in [4.69, 9.17) is 5.73 Å². The van der Waals surface area contributed by atoms with Crippen LogP contribution in [0.5, 0.6) is 0 Å². The molecule has 80 valence electrons. The van der Waals surface area contributed by atoms with E-state index in [1.54, 1.807) is 0 Å². The van der Waals surface area contributed by atoms with E-state index in [2.05, 4.69) is 37.7 Å². The number of nitrogens with zero attached hydrogens (tertiary/aromatic N) is 1. The van der Waals surface area contributed by atoms with Crippen molar-refractivity contribution >= 4 is 0 Å². The number of imidazole rings is 1. The van der Waals surface area contributed by atoms with Crippen LogP contribution in [0.2, 0.25) is 0 Å². The number of nitrogens with one attached hydrogen (secondary N) is 1. The van der Waals surface area contributed by atoms with Gasteiger partial charge < -0.3 is 10.7 Å². The van der Waals surface area contributed by atoms with E-state index in [0.717, 1.165) is 12.2 Å². The van der Waals surface area contributed by atoms with Gasteiger partial charge in [-0.25, -0.2) is 4.98 Å². The van der Waals surface area contributed by atoms with Gasteiger partial charge in [-0.15, -0.1) is 0 Å². The molecule has 0 saturated heterocycles. The van der Waals surface area contributed by atoms with Crippen molar-refractivity contribution in [2.24, 2.45) is 11.1 Å². The summed E-state index contributed by atoms with van der Waals surface area (Å²) in [5.41, 5.74) is 7.01. The van der Waals surface area contributed by atoms with Gasteiger partial charge in [0, 0.05) is 18.3 Å². The van der Waals surface area contributed by atoms with Gasteiger partial charge in [0.05, 0.1) is 0 Å². The average molecular weight is 195 g/mol. The summed E-state index contributed by atoms with van der Waals surface area (Å²) in [5.74, 6) is 1.56. The van der Waals surface area contributed by atoms with E-state index >= 15 is 0 Å². The van der Waals surface area contributed by atoms with Gasteiger partial charge in [-0.3, -0.25) is 0 Å². The SMILES string of the molecule is CC(C)c1cnc(CC(C)(C)CN)[nH]1. The molecule has 3 N–H and O–H groups in total. The van der Waals surface area contributed by atoms with Crippen LogP contribution in [-0.2, 0) is 6.42 Å². The fourth-order valence-electron chi connectivity index (χ4n) is 1.29. The molecule has 0 saturated carbocycles. The van der Waals surface area contributed by atoms with Crippen LogP contribution in [0.25, 0.3) is 0 Å². The van der Waals surface area contributed by atoms with Gasteiger partial charge in [0.25, 0.3) is 0 Å². The highest BCUT2D eigenvalue weighted by atomic mass is 14.9. The summed E-state index contributed by atoms with van der Waals surface area (Å²) in [6, 6.07) is 0. The van der Waals surface area contributed by atoms with Crippen LogP contribution in [0.3, 0.4) is 0 Å². The molecule has 3 nitrogen and oxygen atoms in total. The van der Waals surface area contributed by atoms with Crippen LogP contribution < -0.4 is 5.73 Å². The second-order valence-corrected chi connectivity index (χ2v) is 4.99. The number of nitrogens with two attached hydrogens (primary N) is 1.